The van der Waals surface area contributed by atoms with E-state index in [0.29, 0.717) is 5.57 Å². The smallest absolute Gasteiger partial charge is 0.333 e. The Morgan fingerprint density at radius 3 is 2.66 bits per heavy atom. The third-order valence-corrected chi connectivity index (χ3v) is 8.52. The molecule has 0 bridgehead atoms. The Bertz CT molecular complexity index is 762. The van der Waals surface area contributed by atoms with Gasteiger partial charge in [0.1, 0.15) is 6.10 Å². The van der Waals surface area contributed by atoms with E-state index < -0.39 is 40.8 Å². The Labute approximate surface area is 171 Å². The van der Waals surface area contributed by atoms with Gasteiger partial charge in [0.2, 0.25) is 5.79 Å². The molecular formula is C22H32O7. The lowest BCUT2D eigenvalue weighted by molar-refractivity contribution is -0.269. The van der Waals surface area contributed by atoms with Crippen LogP contribution in [0.4, 0.5) is 0 Å². The zero-order chi connectivity index (χ0) is 21.4. The normalized spacial score (nSPS) is 51.3. The maximum Gasteiger partial charge on any atom is 0.333 e. The van der Waals surface area contributed by atoms with E-state index in [2.05, 4.69) is 6.92 Å². The number of carbonyl (C=O) groups excluding carboxylic acids is 2. The molecule has 3 N–H and O–H groups in total. The number of rotatable bonds is 2. The van der Waals surface area contributed by atoms with E-state index in [0.717, 1.165) is 19.3 Å². The number of hydrogen-bond donors (Lipinski definition) is 3. The fourth-order valence-corrected chi connectivity index (χ4v) is 7.43. The first-order valence-electron chi connectivity index (χ1n) is 10.6. The largest absolute Gasteiger partial charge is 0.459 e. The third kappa shape index (κ3) is 2.81. The van der Waals surface area contributed by atoms with Crippen LogP contribution in [0.1, 0.15) is 53.4 Å². The zero-order valence-corrected chi connectivity index (χ0v) is 17.6. The number of aliphatic hydroxyl groups is 3. The van der Waals surface area contributed by atoms with Crippen LogP contribution in [0.25, 0.3) is 0 Å². The summed E-state index contributed by atoms with van der Waals surface area (Å²) < 4.78 is 11.0. The molecule has 0 amide bonds. The van der Waals surface area contributed by atoms with E-state index in [1.54, 1.807) is 0 Å². The molecule has 0 aromatic carbocycles. The second-order valence-corrected chi connectivity index (χ2v) is 10.2. The quantitative estimate of drug-likeness (QED) is 0.594. The first-order chi connectivity index (χ1) is 13.5. The molecule has 162 valence electrons. The summed E-state index contributed by atoms with van der Waals surface area (Å²) in [6.45, 7) is 7.26. The van der Waals surface area contributed by atoms with Crippen molar-refractivity contribution >= 4 is 11.9 Å². The first-order valence-corrected chi connectivity index (χ1v) is 10.6. The average Bonchev–Trinajstić information content (AvgIpc) is 2.93. The highest BCUT2D eigenvalue weighted by Crippen LogP contribution is 2.67. The van der Waals surface area contributed by atoms with Crippen molar-refractivity contribution < 1.29 is 34.4 Å². The Kier molecular flexibility index (Phi) is 4.69. The summed E-state index contributed by atoms with van der Waals surface area (Å²) >= 11 is 0. The van der Waals surface area contributed by atoms with E-state index >= 15 is 0 Å². The predicted molar refractivity (Wildman–Crippen MR) is 102 cm³/mol. The van der Waals surface area contributed by atoms with E-state index in [9.17, 15) is 24.9 Å². The summed E-state index contributed by atoms with van der Waals surface area (Å²) in [5.74, 6) is -3.69. The third-order valence-electron chi connectivity index (χ3n) is 8.52. The SMILES string of the molecule is CC(=O)O[C@@H]1[C@H](O)[C@@H]2[C@H](C)C3=CC(=O)O[C@]3(O)C[C@@H]2[C@]2(C)CCC[C@](C)(CO)[C@H]12. The Morgan fingerprint density at radius 2 is 2.03 bits per heavy atom. The lowest BCUT2D eigenvalue weighted by Gasteiger charge is -2.65. The molecule has 7 nitrogen and oxygen atoms in total. The summed E-state index contributed by atoms with van der Waals surface area (Å²) in [5.41, 5.74) is -0.426. The Morgan fingerprint density at radius 1 is 1.34 bits per heavy atom. The summed E-state index contributed by atoms with van der Waals surface area (Å²) in [7, 11) is 0. The molecule has 9 atom stereocenters. The molecule has 7 heteroatoms. The van der Waals surface area contributed by atoms with Gasteiger partial charge in [-0.3, -0.25) is 4.79 Å². The van der Waals surface area contributed by atoms with Gasteiger partial charge in [-0.2, -0.15) is 0 Å². The summed E-state index contributed by atoms with van der Waals surface area (Å²) in [6, 6.07) is 0. The van der Waals surface area contributed by atoms with Gasteiger partial charge in [-0.15, -0.1) is 0 Å². The lowest BCUT2D eigenvalue weighted by atomic mass is 9.41. The van der Waals surface area contributed by atoms with Crippen LogP contribution in [0.2, 0.25) is 0 Å². The fourth-order valence-electron chi connectivity index (χ4n) is 7.43. The Balaban J connectivity index is 1.85. The van der Waals surface area contributed by atoms with Gasteiger partial charge < -0.3 is 24.8 Å². The van der Waals surface area contributed by atoms with Crippen LogP contribution in [0.3, 0.4) is 0 Å². The van der Waals surface area contributed by atoms with Crippen molar-refractivity contribution in [2.75, 3.05) is 6.61 Å². The van der Waals surface area contributed by atoms with Crippen molar-refractivity contribution in [1.82, 2.24) is 0 Å². The number of hydrogen-bond acceptors (Lipinski definition) is 7. The molecule has 3 fully saturated rings. The maximum absolute atomic E-state index is 11.9. The lowest BCUT2D eigenvalue weighted by Crippen LogP contribution is -2.68. The van der Waals surface area contributed by atoms with Crippen LogP contribution < -0.4 is 0 Å². The van der Waals surface area contributed by atoms with Crippen molar-refractivity contribution in [1.29, 1.82) is 0 Å². The molecule has 0 spiro atoms. The monoisotopic (exact) mass is 408 g/mol. The van der Waals surface area contributed by atoms with Crippen LogP contribution in [0.15, 0.2) is 11.6 Å². The number of fused-ring (bicyclic) bond motifs is 4. The van der Waals surface area contributed by atoms with Gasteiger partial charge in [-0.05, 0) is 41.4 Å². The van der Waals surface area contributed by atoms with Crippen LogP contribution in [-0.2, 0) is 19.1 Å². The molecular weight excluding hydrogens is 376 g/mol. The van der Waals surface area contributed by atoms with Crippen molar-refractivity contribution in [2.45, 2.75) is 71.4 Å². The van der Waals surface area contributed by atoms with E-state index in [1.807, 2.05) is 13.8 Å². The molecule has 0 aromatic heterocycles. The van der Waals surface area contributed by atoms with Gasteiger partial charge >= 0.3 is 11.9 Å². The van der Waals surface area contributed by atoms with Gasteiger partial charge in [0.05, 0.1) is 6.10 Å². The van der Waals surface area contributed by atoms with E-state index in [4.69, 9.17) is 9.47 Å². The Hall–Kier alpha value is -1.44. The van der Waals surface area contributed by atoms with Gasteiger partial charge in [0.25, 0.3) is 0 Å². The van der Waals surface area contributed by atoms with E-state index in [-0.39, 0.29) is 36.7 Å². The number of esters is 2. The van der Waals surface area contributed by atoms with Crippen LogP contribution in [0.5, 0.6) is 0 Å². The van der Waals surface area contributed by atoms with Crippen molar-refractivity contribution in [3.05, 3.63) is 11.6 Å². The molecule has 0 saturated heterocycles. The molecule has 0 radical (unpaired) electrons. The second-order valence-electron chi connectivity index (χ2n) is 10.2. The number of ether oxygens (including phenoxy) is 2. The van der Waals surface area contributed by atoms with Gasteiger partial charge in [0.15, 0.2) is 0 Å². The summed E-state index contributed by atoms with van der Waals surface area (Å²) in [5, 5.41) is 32.9. The molecule has 4 rings (SSSR count). The molecule has 29 heavy (non-hydrogen) atoms. The summed E-state index contributed by atoms with van der Waals surface area (Å²) in [6.07, 6.45) is 2.33. The molecule has 4 aliphatic rings. The number of carbonyl (C=O) groups is 2. The highest BCUT2D eigenvalue weighted by Gasteiger charge is 2.68. The molecule has 3 saturated carbocycles. The molecule has 3 aliphatic carbocycles. The van der Waals surface area contributed by atoms with Crippen molar-refractivity contribution in [2.24, 2.45) is 34.5 Å². The predicted octanol–water partition coefficient (Wildman–Crippen LogP) is 1.54. The molecule has 1 aliphatic heterocycles. The summed E-state index contributed by atoms with van der Waals surface area (Å²) in [4.78, 5) is 23.9. The van der Waals surface area contributed by atoms with Gasteiger partial charge in [-0.1, -0.05) is 27.2 Å². The van der Waals surface area contributed by atoms with Gasteiger partial charge in [0, 0.05) is 37.5 Å². The van der Waals surface area contributed by atoms with Crippen LogP contribution in [0, 0.1) is 34.5 Å². The highest BCUT2D eigenvalue weighted by molar-refractivity contribution is 5.86. The minimum atomic E-state index is -1.65. The topological polar surface area (TPSA) is 113 Å². The van der Waals surface area contributed by atoms with Crippen molar-refractivity contribution in [3.63, 3.8) is 0 Å². The minimum Gasteiger partial charge on any atom is -0.459 e. The number of aliphatic hydroxyl groups excluding tert-OH is 2. The highest BCUT2D eigenvalue weighted by atomic mass is 16.7. The van der Waals surface area contributed by atoms with Crippen LogP contribution >= 0.6 is 0 Å². The zero-order valence-electron chi connectivity index (χ0n) is 17.6. The maximum atomic E-state index is 11.9. The molecule has 0 aromatic rings. The standard InChI is InChI=1S/C22H32O7/c1-11-13-8-15(25)29-22(13,27)9-14-16(11)17(26)18(28-12(2)24)19-20(3,10-23)6-5-7-21(14,19)4/h8,11,14,16-19,23,26-27H,5-7,9-10H2,1-4H3/t11-,14+,16-,17-,18-,19+,20-,21+,22-/m1/s1. The van der Waals surface area contributed by atoms with E-state index in [1.165, 1.54) is 13.0 Å². The van der Waals surface area contributed by atoms with Crippen LogP contribution in [-0.4, -0.2) is 51.9 Å². The second kappa shape index (κ2) is 6.53. The average molecular weight is 408 g/mol. The first kappa shape index (κ1) is 20.8. The minimum absolute atomic E-state index is 0.0743. The molecule has 1 heterocycles. The van der Waals surface area contributed by atoms with Gasteiger partial charge in [-0.25, -0.2) is 4.79 Å². The van der Waals surface area contributed by atoms with Crippen molar-refractivity contribution in [3.8, 4) is 0 Å². The molecule has 0 unspecified atom stereocenters. The fraction of sp³-hybridized carbons (Fsp3) is 0.818.